The van der Waals surface area contributed by atoms with E-state index in [0.717, 1.165) is 5.56 Å². The molecule has 3 aromatic rings. The minimum Gasteiger partial charge on any atom is -0.424 e. The predicted molar refractivity (Wildman–Crippen MR) is 118 cm³/mol. The minimum atomic E-state index is -0.149. The summed E-state index contributed by atoms with van der Waals surface area (Å²) in [4.78, 5) is 24.3. The Morgan fingerprint density at radius 2 is 1.73 bits per heavy atom. The van der Waals surface area contributed by atoms with E-state index >= 15 is 0 Å². The van der Waals surface area contributed by atoms with Crippen LogP contribution in [-0.4, -0.2) is 21.7 Å². The topological polar surface area (TPSA) is 129 Å². The third kappa shape index (κ3) is 5.90. The van der Waals surface area contributed by atoms with Crippen molar-refractivity contribution in [3.05, 3.63) is 72.4 Å². The van der Waals surface area contributed by atoms with E-state index in [1.54, 1.807) is 43.3 Å². The normalized spacial score (nSPS) is 11.8. The monoisotopic (exact) mass is 402 g/mol. The molecule has 30 heavy (non-hydrogen) atoms. The lowest BCUT2D eigenvalue weighted by atomic mass is 10.1. The van der Waals surface area contributed by atoms with Gasteiger partial charge in [-0.15, -0.1) is 0 Å². The number of allylic oxidation sites excluding steroid dienone is 1. The maximum atomic E-state index is 11.2. The fraction of sp³-hybridized carbons (Fsp3) is 0.0909. The van der Waals surface area contributed by atoms with Gasteiger partial charge < -0.3 is 21.5 Å². The van der Waals surface area contributed by atoms with Crippen LogP contribution >= 0.6 is 0 Å². The lowest BCUT2D eigenvalue weighted by Gasteiger charge is -2.09. The number of rotatable bonds is 6. The molecule has 1 amide bonds. The number of hydrogen-bond acceptors (Lipinski definition) is 6. The molecule has 8 nitrogen and oxygen atoms in total. The second-order valence-corrected chi connectivity index (χ2v) is 6.49. The van der Waals surface area contributed by atoms with Crippen molar-refractivity contribution in [2.24, 2.45) is 16.5 Å². The molecular weight excluding hydrogens is 380 g/mol. The second kappa shape index (κ2) is 9.33. The standard InChI is InChI=1S/C22H22N6O2/c1-14(23)12-20(24)27-21-13-19(16-6-4-3-5-7-16)26-22(28-21)30-18-10-8-17(9-11-18)25-15(2)29/h3-13H,23H2,1-2H3,(H,25,29)(H2,24,26,27,28)/b14-12-. The third-order valence-electron chi connectivity index (χ3n) is 3.76. The summed E-state index contributed by atoms with van der Waals surface area (Å²) in [6, 6.07) is 18.3. The van der Waals surface area contributed by atoms with E-state index in [1.807, 2.05) is 30.3 Å². The molecule has 0 fully saturated rings. The maximum absolute atomic E-state index is 11.2. The van der Waals surface area contributed by atoms with E-state index in [2.05, 4.69) is 20.3 Å². The van der Waals surface area contributed by atoms with Crippen molar-refractivity contribution in [3.63, 3.8) is 0 Å². The zero-order valence-electron chi connectivity index (χ0n) is 16.7. The Bertz CT molecular complexity index is 1090. The van der Waals surface area contributed by atoms with Crippen molar-refractivity contribution in [1.82, 2.24) is 9.97 Å². The smallest absolute Gasteiger partial charge is 0.324 e. The van der Waals surface area contributed by atoms with Crippen LogP contribution in [0.25, 0.3) is 11.3 Å². The molecule has 0 bridgehead atoms. The molecule has 2 aromatic carbocycles. The average Bonchev–Trinajstić information content (AvgIpc) is 2.69. The lowest BCUT2D eigenvalue weighted by Crippen LogP contribution is -2.10. The molecule has 0 aliphatic carbocycles. The fourth-order valence-electron chi connectivity index (χ4n) is 2.59. The number of hydrogen-bond donors (Lipinski definition) is 3. The highest BCUT2D eigenvalue weighted by atomic mass is 16.5. The van der Waals surface area contributed by atoms with Gasteiger partial charge in [-0.1, -0.05) is 30.3 Å². The maximum Gasteiger partial charge on any atom is 0.324 e. The number of nitrogens with zero attached hydrogens (tertiary/aromatic N) is 3. The van der Waals surface area contributed by atoms with Gasteiger partial charge in [-0.2, -0.15) is 9.97 Å². The lowest BCUT2D eigenvalue weighted by molar-refractivity contribution is -0.114. The Morgan fingerprint density at radius 1 is 1.03 bits per heavy atom. The molecule has 0 radical (unpaired) electrons. The molecule has 1 aromatic heterocycles. The molecule has 5 N–H and O–H groups in total. The summed E-state index contributed by atoms with van der Waals surface area (Å²) in [6.45, 7) is 3.17. The summed E-state index contributed by atoms with van der Waals surface area (Å²) in [5.74, 6) is 0.918. The van der Waals surface area contributed by atoms with Gasteiger partial charge in [0, 0.05) is 29.9 Å². The predicted octanol–water partition coefficient (Wildman–Crippen LogP) is 3.75. The van der Waals surface area contributed by atoms with Gasteiger partial charge in [-0.3, -0.25) is 4.79 Å². The first kappa shape index (κ1) is 20.5. The SMILES string of the molecule is CC(=O)Nc1ccc(Oc2nc(N=C(N)/C=C(/C)N)cc(-c3ccccc3)n2)cc1. The summed E-state index contributed by atoms with van der Waals surface area (Å²) >= 11 is 0. The van der Waals surface area contributed by atoms with Gasteiger partial charge in [-0.05, 0) is 37.3 Å². The summed E-state index contributed by atoms with van der Waals surface area (Å²) < 4.78 is 5.82. The first-order valence-corrected chi connectivity index (χ1v) is 9.17. The Kier molecular flexibility index (Phi) is 6.39. The first-order chi connectivity index (χ1) is 14.4. The molecular formula is C22H22N6O2. The van der Waals surface area contributed by atoms with E-state index < -0.39 is 0 Å². The molecule has 0 spiro atoms. The fourth-order valence-corrected chi connectivity index (χ4v) is 2.59. The molecule has 0 saturated carbocycles. The van der Waals surface area contributed by atoms with Crippen LogP contribution in [0.3, 0.4) is 0 Å². The number of amidine groups is 1. The number of carbonyl (C=O) groups excluding carboxylic acids is 1. The summed E-state index contributed by atoms with van der Waals surface area (Å²) in [5, 5.41) is 2.70. The molecule has 8 heteroatoms. The van der Waals surface area contributed by atoms with Crippen LogP contribution < -0.4 is 21.5 Å². The van der Waals surface area contributed by atoms with E-state index in [-0.39, 0.29) is 17.8 Å². The zero-order valence-corrected chi connectivity index (χ0v) is 16.7. The van der Waals surface area contributed by atoms with Gasteiger partial charge in [-0.25, -0.2) is 4.99 Å². The molecule has 0 atom stereocenters. The van der Waals surface area contributed by atoms with E-state index in [4.69, 9.17) is 16.2 Å². The van der Waals surface area contributed by atoms with Crippen molar-refractivity contribution in [2.75, 3.05) is 5.32 Å². The number of ether oxygens (including phenoxy) is 1. The van der Waals surface area contributed by atoms with Gasteiger partial charge >= 0.3 is 6.01 Å². The van der Waals surface area contributed by atoms with Crippen LogP contribution in [0.15, 0.2) is 77.4 Å². The number of aromatic nitrogens is 2. The Labute approximate surface area is 174 Å². The molecule has 0 saturated heterocycles. The van der Waals surface area contributed by atoms with Gasteiger partial charge in [0.1, 0.15) is 11.6 Å². The van der Waals surface area contributed by atoms with Crippen molar-refractivity contribution in [3.8, 4) is 23.0 Å². The Hall–Kier alpha value is -4.20. The molecule has 3 rings (SSSR count). The van der Waals surface area contributed by atoms with Crippen LogP contribution in [0, 0.1) is 0 Å². The van der Waals surface area contributed by atoms with Crippen molar-refractivity contribution in [2.45, 2.75) is 13.8 Å². The highest BCUT2D eigenvalue weighted by Gasteiger charge is 2.09. The molecule has 0 aliphatic rings. The highest BCUT2D eigenvalue weighted by Crippen LogP contribution is 2.27. The number of anilines is 1. The van der Waals surface area contributed by atoms with Gasteiger partial charge in [0.2, 0.25) is 5.91 Å². The third-order valence-corrected chi connectivity index (χ3v) is 3.76. The first-order valence-electron chi connectivity index (χ1n) is 9.17. The summed E-state index contributed by atoms with van der Waals surface area (Å²) in [5.41, 5.74) is 14.3. The number of carbonyl (C=O) groups is 1. The number of benzene rings is 2. The molecule has 152 valence electrons. The minimum absolute atomic E-state index is 0.114. The highest BCUT2D eigenvalue weighted by molar-refractivity contribution is 5.93. The molecule has 1 heterocycles. The van der Waals surface area contributed by atoms with Crippen LogP contribution in [-0.2, 0) is 4.79 Å². The number of aliphatic imine (C=N–C) groups is 1. The van der Waals surface area contributed by atoms with Gasteiger partial charge in [0.25, 0.3) is 0 Å². The number of nitrogens with two attached hydrogens (primary N) is 2. The van der Waals surface area contributed by atoms with Gasteiger partial charge in [0.15, 0.2) is 5.82 Å². The molecule has 0 unspecified atom stereocenters. The average molecular weight is 402 g/mol. The number of amides is 1. The second-order valence-electron chi connectivity index (χ2n) is 6.49. The quantitative estimate of drug-likeness (QED) is 0.425. The van der Waals surface area contributed by atoms with Crippen molar-refractivity contribution >= 4 is 23.2 Å². The molecule has 0 aliphatic heterocycles. The van der Waals surface area contributed by atoms with Gasteiger partial charge in [0.05, 0.1) is 5.69 Å². The zero-order chi connectivity index (χ0) is 21.5. The number of nitrogens with one attached hydrogen (secondary N) is 1. The van der Waals surface area contributed by atoms with Crippen LogP contribution in [0.2, 0.25) is 0 Å². The Balaban J connectivity index is 1.95. The summed E-state index contributed by atoms with van der Waals surface area (Å²) in [6.07, 6.45) is 1.55. The van der Waals surface area contributed by atoms with Crippen LogP contribution in [0.5, 0.6) is 11.8 Å². The van der Waals surface area contributed by atoms with E-state index in [1.165, 1.54) is 6.92 Å². The van der Waals surface area contributed by atoms with E-state index in [0.29, 0.717) is 28.6 Å². The van der Waals surface area contributed by atoms with Crippen LogP contribution in [0.4, 0.5) is 11.5 Å². The Morgan fingerprint density at radius 3 is 2.37 bits per heavy atom. The largest absolute Gasteiger partial charge is 0.424 e. The van der Waals surface area contributed by atoms with E-state index in [9.17, 15) is 4.79 Å². The van der Waals surface area contributed by atoms with Crippen molar-refractivity contribution in [1.29, 1.82) is 0 Å². The van der Waals surface area contributed by atoms with Crippen molar-refractivity contribution < 1.29 is 9.53 Å². The van der Waals surface area contributed by atoms with Crippen LogP contribution in [0.1, 0.15) is 13.8 Å². The summed E-state index contributed by atoms with van der Waals surface area (Å²) in [7, 11) is 0.